The largest absolute Gasteiger partial charge is 0.445 e. The van der Waals surface area contributed by atoms with E-state index in [1.165, 1.54) is 12.1 Å². The summed E-state index contributed by atoms with van der Waals surface area (Å²) >= 11 is 0. The standard InChI is InChI=1S/C31H34N2O8S2/c1-22-8-10-27(42(35,36)37)25(16-22)18-30(19-26-17-23(2)9-11-28(26)43(38,39)40)12-14-31(21-32,15-13-30)33-29(34)41-20-24-6-4-3-5-7-24/h3-11,16-17H,12-15,18-20H2,1-2H3,(H,33,34)(H,35,36,37)(H,38,39,40). The van der Waals surface area contributed by atoms with E-state index in [1.54, 1.807) is 50.2 Å². The molecule has 0 unspecified atom stereocenters. The first-order chi connectivity index (χ1) is 20.1. The van der Waals surface area contributed by atoms with Crippen molar-refractivity contribution < 1.29 is 35.5 Å². The Bertz CT molecular complexity index is 1670. The Labute approximate surface area is 252 Å². The highest BCUT2D eigenvalue weighted by atomic mass is 32.2. The Kier molecular flexibility index (Phi) is 9.32. The van der Waals surface area contributed by atoms with Crippen molar-refractivity contribution in [3.63, 3.8) is 0 Å². The predicted octanol–water partition coefficient (Wildman–Crippen LogP) is 5.33. The molecule has 0 spiro atoms. The minimum atomic E-state index is -4.57. The number of aryl methyl sites for hydroxylation is 2. The van der Waals surface area contributed by atoms with Gasteiger partial charge in [-0.1, -0.05) is 65.7 Å². The highest BCUT2D eigenvalue weighted by molar-refractivity contribution is 7.86. The normalized spacial score (nSPS) is 16.2. The summed E-state index contributed by atoms with van der Waals surface area (Å²) in [5.41, 5.74) is 0.942. The lowest BCUT2D eigenvalue weighted by Gasteiger charge is -2.44. The molecule has 10 nitrogen and oxygen atoms in total. The number of amides is 1. The van der Waals surface area contributed by atoms with Crippen molar-refractivity contribution >= 4 is 26.3 Å². The molecule has 1 amide bonds. The molecule has 43 heavy (non-hydrogen) atoms. The molecule has 3 aromatic carbocycles. The van der Waals surface area contributed by atoms with Gasteiger partial charge in [-0.3, -0.25) is 9.11 Å². The Morgan fingerprint density at radius 3 is 1.77 bits per heavy atom. The van der Waals surface area contributed by atoms with Crippen LogP contribution in [0.1, 0.15) is 53.5 Å². The molecular weight excluding hydrogens is 592 g/mol. The maximum Gasteiger partial charge on any atom is 0.408 e. The zero-order chi connectivity index (χ0) is 31.5. The third-order valence-corrected chi connectivity index (χ3v) is 9.96. The second kappa shape index (κ2) is 12.5. The van der Waals surface area contributed by atoms with E-state index in [2.05, 4.69) is 11.4 Å². The van der Waals surface area contributed by atoms with Crippen LogP contribution in [0.3, 0.4) is 0 Å². The highest BCUT2D eigenvalue weighted by Crippen LogP contribution is 2.47. The maximum absolute atomic E-state index is 12.7. The molecule has 228 valence electrons. The van der Waals surface area contributed by atoms with Gasteiger partial charge >= 0.3 is 6.09 Å². The number of alkyl carbamates (subject to hydrolysis) is 1. The molecule has 0 aromatic heterocycles. The van der Waals surface area contributed by atoms with Gasteiger partial charge in [-0.2, -0.15) is 22.1 Å². The zero-order valence-corrected chi connectivity index (χ0v) is 25.5. The summed E-state index contributed by atoms with van der Waals surface area (Å²) in [7, 11) is -9.15. The van der Waals surface area contributed by atoms with E-state index in [0.717, 1.165) is 16.7 Å². The fourth-order valence-electron chi connectivity index (χ4n) is 5.85. The van der Waals surface area contributed by atoms with Gasteiger partial charge in [0.1, 0.15) is 12.1 Å². The minimum absolute atomic E-state index is 0.0235. The summed E-state index contributed by atoms with van der Waals surface area (Å²) in [6.45, 7) is 3.59. The van der Waals surface area contributed by atoms with E-state index in [9.17, 15) is 36.0 Å². The third-order valence-electron chi connectivity index (χ3n) is 8.05. The summed E-state index contributed by atoms with van der Waals surface area (Å²) in [5.74, 6) is 0. The van der Waals surface area contributed by atoms with E-state index in [-0.39, 0.29) is 54.9 Å². The second-order valence-corrected chi connectivity index (χ2v) is 14.2. The molecule has 3 N–H and O–H groups in total. The van der Waals surface area contributed by atoms with Gasteiger partial charge in [0.15, 0.2) is 0 Å². The number of hydrogen-bond donors (Lipinski definition) is 3. The lowest BCUT2D eigenvalue weighted by Crippen LogP contribution is -2.52. The van der Waals surface area contributed by atoms with Gasteiger partial charge in [-0.15, -0.1) is 0 Å². The number of hydrogen-bond acceptors (Lipinski definition) is 7. The highest BCUT2D eigenvalue weighted by Gasteiger charge is 2.45. The van der Waals surface area contributed by atoms with Crippen molar-refractivity contribution in [2.24, 2.45) is 5.41 Å². The van der Waals surface area contributed by atoms with Crippen molar-refractivity contribution in [1.29, 1.82) is 5.26 Å². The van der Waals surface area contributed by atoms with Crippen molar-refractivity contribution in [3.8, 4) is 6.07 Å². The SMILES string of the molecule is Cc1ccc(S(=O)(=O)O)c(CC2(Cc3cc(C)ccc3S(=O)(=O)O)CCC(C#N)(NC(=O)OCc3ccccc3)CC2)c1. The molecule has 1 saturated carbocycles. The first kappa shape index (κ1) is 32.2. The first-order valence-electron chi connectivity index (χ1n) is 13.7. The van der Waals surface area contributed by atoms with Crippen LogP contribution in [0.25, 0.3) is 0 Å². The fourth-order valence-corrected chi connectivity index (χ4v) is 7.25. The number of nitriles is 1. The van der Waals surface area contributed by atoms with Crippen LogP contribution in [0, 0.1) is 30.6 Å². The number of nitrogens with zero attached hydrogens (tertiary/aromatic N) is 1. The molecule has 0 atom stereocenters. The summed E-state index contributed by atoms with van der Waals surface area (Å²) < 4.78 is 74.4. The molecule has 1 aliphatic carbocycles. The van der Waals surface area contributed by atoms with Crippen LogP contribution in [-0.2, 0) is 44.4 Å². The lowest BCUT2D eigenvalue weighted by atomic mass is 9.62. The second-order valence-electron chi connectivity index (χ2n) is 11.4. The van der Waals surface area contributed by atoms with E-state index in [4.69, 9.17) is 4.74 Å². The van der Waals surface area contributed by atoms with Gasteiger partial charge in [0.25, 0.3) is 20.2 Å². The van der Waals surface area contributed by atoms with Crippen LogP contribution in [0.4, 0.5) is 4.79 Å². The number of nitrogens with one attached hydrogen (secondary N) is 1. The van der Waals surface area contributed by atoms with Crippen LogP contribution in [-0.4, -0.2) is 37.6 Å². The Hall–Kier alpha value is -3.76. The molecule has 0 heterocycles. The fraction of sp³-hybridized carbons (Fsp3) is 0.355. The monoisotopic (exact) mass is 626 g/mol. The number of carbonyl (C=O) groups excluding carboxylic acids is 1. The number of carbonyl (C=O) groups is 1. The molecular formula is C31H34N2O8S2. The minimum Gasteiger partial charge on any atom is -0.445 e. The van der Waals surface area contributed by atoms with E-state index in [1.807, 2.05) is 18.2 Å². The van der Waals surface area contributed by atoms with Crippen LogP contribution >= 0.6 is 0 Å². The molecule has 0 radical (unpaired) electrons. The van der Waals surface area contributed by atoms with Crippen LogP contribution in [0.5, 0.6) is 0 Å². The summed E-state index contributed by atoms with van der Waals surface area (Å²) in [5, 5.41) is 12.9. The predicted molar refractivity (Wildman–Crippen MR) is 158 cm³/mol. The van der Waals surface area contributed by atoms with Crippen molar-refractivity contribution in [3.05, 3.63) is 94.5 Å². The first-order valence-corrected chi connectivity index (χ1v) is 16.6. The topological polar surface area (TPSA) is 171 Å². The molecule has 12 heteroatoms. The maximum atomic E-state index is 12.7. The van der Waals surface area contributed by atoms with Gasteiger partial charge in [-0.25, -0.2) is 4.79 Å². The van der Waals surface area contributed by atoms with Crippen LogP contribution in [0.2, 0.25) is 0 Å². The third kappa shape index (κ3) is 8.00. The number of ether oxygens (including phenoxy) is 1. The van der Waals surface area contributed by atoms with Crippen molar-refractivity contribution in [2.75, 3.05) is 0 Å². The average molecular weight is 627 g/mol. The lowest BCUT2D eigenvalue weighted by molar-refractivity contribution is 0.102. The molecule has 0 aliphatic heterocycles. The molecule has 1 aliphatic rings. The molecule has 0 saturated heterocycles. The van der Waals surface area contributed by atoms with Gasteiger partial charge in [0.05, 0.1) is 15.9 Å². The van der Waals surface area contributed by atoms with E-state index >= 15 is 0 Å². The van der Waals surface area contributed by atoms with Crippen LogP contribution < -0.4 is 5.32 Å². The zero-order valence-electron chi connectivity index (χ0n) is 23.9. The smallest absolute Gasteiger partial charge is 0.408 e. The van der Waals surface area contributed by atoms with Gasteiger partial charge in [-0.05, 0) is 86.6 Å². The van der Waals surface area contributed by atoms with E-state index in [0.29, 0.717) is 11.1 Å². The Morgan fingerprint density at radius 1 is 0.837 bits per heavy atom. The van der Waals surface area contributed by atoms with Crippen LogP contribution in [0.15, 0.2) is 76.5 Å². The summed E-state index contributed by atoms with van der Waals surface area (Å²) in [6, 6.07) is 20.4. The van der Waals surface area contributed by atoms with Gasteiger partial charge in [0, 0.05) is 0 Å². The molecule has 4 rings (SSSR count). The van der Waals surface area contributed by atoms with E-state index < -0.39 is 37.3 Å². The molecule has 3 aromatic rings. The Balaban J connectivity index is 1.67. The number of rotatable bonds is 9. The van der Waals surface area contributed by atoms with Gasteiger partial charge in [0.2, 0.25) is 0 Å². The average Bonchev–Trinajstić information content (AvgIpc) is 2.93. The van der Waals surface area contributed by atoms with Crippen molar-refractivity contribution in [2.45, 2.75) is 74.3 Å². The molecule has 1 fully saturated rings. The summed E-state index contributed by atoms with van der Waals surface area (Å²) in [6.07, 6.45) is 0.422. The number of benzene rings is 3. The van der Waals surface area contributed by atoms with Crippen molar-refractivity contribution in [1.82, 2.24) is 5.32 Å². The Morgan fingerprint density at radius 2 is 1.33 bits per heavy atom. The summed E-state index contributed by atoms with van der Waals surface area (Å²) in [4.78, 5) is 12.2. The quantitative estimate of drug-likeness (QED) is 0.266. The molecule has 0 bridgehead atoms. The van der Waals surface area contributed by atoms with Gasteiger partial charge < -0.3 is 10.1 Å².